The van der Waals surface area contributed by atoms with Gasteiger partial charge in [0.05, 0.1) is 25.7 Å². The predicted octanol–water partition coefficient (Wildman–Crippen LogP) is 1.41. The average molecular weight is 405 g/mol. The highest BCUT2D eigenvalue weighted by Gasteiger charge is 2.22. The lowest BCUT2D eigenvalue weighted by Crippen LogP contribution is -2.43. The lowest BCUT2D eigenvalue weighted by molar-refractivity contribution is -0.145. The van der Waals surface area contributed by atoms with Gasteiger partial charge in [-0.25, -0.2) is 9.59 Å². The number of nitriles is 1. The first-order valence-electron chi connectivity index (χ1n) is 9.33. The molecule has 0 saturated heterocycles. The van der Waals surface area contributed by atoms with Gasteiger partial charge in [0.1, 0.15) is 12.6 Å². The summed E-state index contributed by atoms with van der Waals surface area (Å²) >= 11 is 0. The van der Waals surface area contributed by atoms with Crippen molar-refractivity contribution in [2.24, 2.45) is 0 Å². The summed E-state index contributed by atoms with van der Waals surface area (Å²) in [6, 6.07) is 10.3. The summed E-state index contributed by atoms with van der Waals surface area (Å²) in [6.07, 6.45) is -0.269. The van der Waals surface area contributed by atoms with Crippen LogP contribution in [0.2, 0.25) is 0 Å². The first-order chi connectivity index (χ1) is 14.0. The maximum absolute atomic E-state index is 12.1. The van der Waals surface area contributed by atoms with Crippen LogP contribution in [0.4, 0.5) is 4.79 Å². The highest BCUT2D eigenvalue weighted by atomic mass is 16.5. The fraction of sp³-hybridized carbons (Fsp3) is 0.500. The number of nitrogens with one attached hydrogen (secondary N) is 2. The molecule has 29 heavy (non-hydrogen) atoms. The topological polar surface area (TPSA) is 138 Å². The monoisotopic (exact) mass is 405 g/mol. The number of aliphatic hydroxyl groups is 1. The number of nitrogens with zero attached hydrogens (tertiary/aromatic N) is 1. The number of unbranched alkanes of at least 4 members (excludes halogenated alkanes) is 2. The summed E-state index contributed by atoms with van der Waals surface area (Å²) < 4.78 is 9.68. The Hall–Kier alpha value is -3.12. The van der Waals surface area contributed by atoms with E-state index in [-0.39, 0.29) is 19.6 Å². The van der Waals surface area contributed by atoms with Crippen LogP contribution in [0, 0.1) is 11.3 Å². The van der Waals surface area contributed by atoms with Crippen LogP contribution in [0.25, 0.3) is 0 Å². The number of hydrogen-bond donors (Lipinski definition) is 3. The van der Waals surface area contributed by atoms with E-state index in [1.807, 2.05) is 36.4 Å². The molecule has 0 aliphatic rings. The van der Waals surface area contributed by atoms with Gasteiger partial charge in [-0.2, -0.15) is 5.26 Å². The Labute approximate surface area is 170 Å². The summed E-state index contributed by atoms with van der Waals surface area (Å²) in [5, 5.41) is 23.3. The SMILES string of the molecule is COC(=O)[C@@H](CCCCC#N)NC(=O)C[C@@H](O)CNC(=O)OCc1ccccc1. The van der Waals surface area contributed by atoms with Crippen LogP contribution in [0.3, 0.4) is 0 Å². The number of benzene rings is 1. The fourth-order valence-electron chi connectivity index (χ4n) is 2.46. The molecule has 2 amide bonds. The molecule has 0 bridgehead atoms. The zero-order valence-corrected chi connectivity index (χ0v) is 16.4. The molecule has 0 aromatic heterocycles. The lowest BCUT2D eigenvalue weighted by atomic mass is 10.1. The van der Waals surface area contributed by atoms with Gasteiger partial charge in [-0.1, -0.05) is 30.3 Å². The van der Waals surface area contributed by atoms with E-state index in [1.165, 1.54) is 7.11 Å². The molecule has 0 spiro atoms. The first kappa shape index (κ1) is 23.9. The van der Waals surface area contributed by atoms with Crippen LogP contribution < -0.4 is 10.6 Å². The Kier molecular flexibility index (Phi) is 11.5. The molecule has 3 N–H and O–H groups in total. The number of carbonyl (C=O) groups is 3. The molecule has 0 saturated carbocycles. The molecule has 0 heterocycles. The lowest BCUT2D eigenvalue weighted by Gasteiger charge is -2.18. The van der Waals surface area contributed by atoms with E-state index < -0.39 is 30.1 Å². The molecule has 0 aliphatic heterocycles. The molecule has 9 nitrogen and oxygen atoms in total. The molecule has 0 unspecified atom stereocenters. The number of ether oxygens (including phenoxy) is 2. The van der Waals surface area contributed by atoms with E-state index in [0.717, 1.165) is 5.56 Å². The molecular formula is C20H27N3O6. The van der Waals surface area contributed by atoms with Gasteiger partial charge < -0.3 is 25.2 Å². The van der Waals surface area contributed by atoms with Gasteiger partial charge in [0.25, 0.3) is 0 Å². The van der Waals surface area contributed by atoms with Crippen molar-refractivity contribution in [2.45, 2.75) is 50.9 Å². The van der Waals surface area contributed by atoms with E-state index in [1.54, 1.807) is 0 Å². The molecule has 0 fully saturated rings. The molecule has 9 heteroatoms. The first-order valence-corrected chi connectivity index (χ1v) is 9.33. The van der Waals surface area contributed by atoms with Crippen molar-refractivity contribution < 1.29 is 29.0 Å². The molecular weight excluding hydrogens is 378 g/mol. The normalized spacial score (nSPS) is 12.2. The minimum Gasteiger partial charge on any atom is -0.467 e. The van der Waals surface area contributed by atoms with Crippen LogP contribution >= 0.6 is 0 Å². The third-order valence-electron chi connectivity index (χ3n) is 3.97. The predicted molar refractivity (Wildman–Crippen MR) is 103 cm³/mol. The molecule has 2 atom stereocenters. The molecule has 0 aliphatic carbocycles. The zero-order chi connectivity index (χ0) is 21.5. The standard InChI is InChI=1S/C20H27N3O6/c1-28-19(26)17(10-6-3-7-11-21)23-18(25)12-16(24)13-22-20(27)29-14-15-8-4-2-5-9-15/h2,4-5,8-9,16-17,24H,3,6-7,10,12-14H2,1H3,(H,22,27)(H,23,25)/t16-,17-/m1/s1. The van der Waals surface area contributed by atoms with Gasteiger partial charge in [-0.15, -0.1) is 0 Å². The molecule has 158 valence electrons. The van der Waals surface area contributed by atoms with Crippen molar-refractivity contribution in [3.63, 3.8) is 0 Å². The maximum atomic E-state index is 12.1. The summed E-state index contributed by atoms with van der Waals surface area (Å²) in [4.78, 5) is 35.5. The number of rotatable bonds is 12. The van der Waals surface area contributed by atoms with E-state index in [2.05, 4.69) is 15.4 Å². The summed E-state index contributed by atoms with van der Waals surface area (Å²) in [5.74, 6) is -1.14. The van der Waals surface area contributed by atoms with Crippen LogP contribution in [0.1, 0.15) is 37.7 Å². The van der Waals surface area contributed by atoms with Gasteiger partial charge in [0.2, 0.25) is 5.91 Å². The molecule has 0 radical (unpaired) electrons. The summed E-state index contributed by atoms with van der Waals surface area (Å²) in [5.41, 5.74) is 0.825. The van der Waals surface area contributed by atoms with E-state index in [0.29, 0.717) is 25.7 Å². The quantitative estimate of drug-likeness (QED) is 0.353. The van der Waals surface area contributed by atoms with Crippen molar-refractivity contribution in [1.82, 2.24) is 10.6 Å². The van der Waals surface area contributed by atoms with Crippen molar-refractivity contribution in [2.75, 3.05) is 13.7 Å². The van der Waals surface area contributed by atoms with E-state index in [9.17, 15) is 19.5 Å². The van der Waals surface area contributed by atoms with Crippen molar-refractivity contribution in [1.29, 1.82) is 5.26 Å². The van der Waals surface area contributed by atoms with Crippen LogP contribution in [0.15, 0.2) is 30.3 Å². The van der Waals surface area contributed by atoms with Crippen molar-refractivity contribution in [3.05, 3.63) is 35.9 Å². The third kappa shape index (κ3) is 10.7. The van der Waals surface area contributed by atoms with Crippen LogP contribution in [0.5, 0.6) is 0 Å². The largest absolute Gasteiger partial charge is 0.467 e. The summed E-state index contributed by atoms with van der Waals surface area (Å²) in [7, 11) is 1.22. The van der Waals surface area contributed by atoms with Crippen LogP contribution in [-0.4, -0.2) is 48.9 Å². The van der Waals surface area contributed by atoms with Gasteiger partial charge >= 0.3 is 12.1 Å². The Morgan fingerprint density at radius 2 is 1.93 bits per heavy atom. The average Bonchev–Trinajstić information content (AvgIpc) is 2.73. The highest BCUT2D eigenvalue weighted by Crippen LogP contribution is 2.06. The minimum atomic E-state index is -1.14. The Balaban J connectivity index is 2.32. The van der Waals surface area contributed by atoms with Gasteiger partial charge in [0.15, 0.2) is 0 Å². The second-order valence-electron chi connectivity index (χ2n) is 6.35. The van der Waals surface area contributed by atoms with Crippen LogP contribution in [-0.2, 0) is 25.7 Å². The van der Waals surface area contributed by atoms with Gasteiger partial charge in [-0.3, -0.25) is 4.79 Å². The number of esters is 1. The second kappa shape index (κ2) is 14.0. The number of carbonyl (C=O) groups excluding carboxylic acids is 3. The third-order valence-corrected chi connectivity index (χ3v) is 3.97. The smallest absolute Gasteiger partial charge is 0.407 e. The Morgan fingerprint density at radius 3 is 2.59 bits per heavy atom. The molecule has 1 aromatic rings. The Bertz CT molecular complexity index is 689. The number of amides is 2. The maximum Gasteiger partial charge on any atom is 0.407 e. The Morgan fingerprint density at radius 1 is 1.21 bits per heavy atom. The molecule has 1 rings (SSSR count). The number of aliphatic hydroxyl groups excluding tert-OH is 1. The highest BCUT2D eigenvalue weighted by molar-refractivity contribution is 5.84. The van der Waals surface area contributed by atoms with E-state index >= 15 is 0 Å². The number of methoxy groups -OCH3 is 1. The minimum absolute atomic E-state index is 0.0931. The van der Waals surface area contributed by atoms with Crippen molar-refractivity contribution >= 4 is 18.0 Å². The van der Waals surface area contributed by atoms with E-state index in [4.69, 9.17) is 10.00 Å². The summed E-state index contributed by atoms with van der Waals surface area (Å²) in [6.45, 7) is -0.0814. The van der Waals surface area contributed by atoms with Gasteiger partial charge in [0, 0.05) is 13.0 Å². The number of alkyl carbamates (subject to hydrolysis) is 1. The second-order valence-corrected chi connectivity index (χ2v) is 6.35. The number of hydrogen-bond acceptors (Lipinski definition) is 7. The fourth-order valence-corrected chi connectivity index (χ4v) is 2.46. The zero-order valence-electron chi connectivity index (χ0n) is 16.4. The van der Waals surface area contributed by atoms with Crippen molar-refractivity contribution in [3.8, 4) is 6.07 Å². The molecule has 1 aromatic carbocycles. The van der Waals surface area contributed by atoms with Gasteiger partial charge in [-0.05, 0) is 24.8 Å².